The average molecular weight is 329 g/mol. The molecule has 0 aliphatic heterocycles. The predicted molar refractivity (Wildman–Crippen MR) is 67.6 cm³/mol. The van der Waals surface area contributed by atoms with E-state index in [1.165, 1.54) is 10.9 Å². The molecule has 0 aliphatic carbocycles. The van der Waals surface area contributed by atoms with E-state index in [2.05, 4.69) is 19.5 Å². The summed E-state index contributed by atoms with van der Waals surface area (Å²) in [6, 6.07) is 0. The first-order chi connectivity index (χ1) is 9.37. The zero-order chi connectivity index (χ0) is 14.8. The molecule has 0 atom stereocenters. The van der Waals surface area contributed by atoms with Crippen molar-refractivity contribution in [3.63, 3.8) is 0 Å². The summed E-state index contributed by atoms with van der Waals surface area (Å²) in [4.78, 5) is 38.5. The summed E-state index contributed by atoms with van der Waals surface area (Å²) in [5.74, 6) is -0.0471. The third-order valence-electron chi connectivity index (χ3n) is 2.21. The molecular formula is C8H13N5NaO6P. The molecule has 21 heavy (non-hydrogen) atoms. The van der Waals surface area contributed by atoms with E-state index in [0.717, 1.165) is 0 Å². The fourth-order valence-corrected chi connectivity index (χ4v) is 1.76. The topological polar surface area (TPSA) is 166 Å². The SMILES string of the molecule is Nc1nc2c(ncn2COCCOP(=O)(O)O)c(=O)[nH]1.[H-].[Na+]. The molecule has 0 bridgehead atoms. The van der Waals surface area contributed by atoms with Crippen LogP contribution in [0.4, 0.5) is 5.95 Å². The number of hydrogen-bond donors (Lipinski definition) is 4. The number of phosphoric ester groups is 1. The molecule has 2 aromatic heterocycles. The Morgan fingerprint density at radius 3 is 2.86 bits per heavy atom. The van der Waals surface area contributed by atoms with Gasteiger partial charge in [0.1, 0.15) is 6.73 Å². The van der Waals surface area contributed by atoms with Gasteiger partial charge in [-0.1, -0.05) is 0 Å². The smallest absolute Gasteiger partial charge is 1.00 e. The maximum atomic E-state index is 11.5. The molecule has 5 N–H and O–H groups in total. The second kappa shape index (κ2) is 7.47. The first-order valence-electron chi connectivity index (χ1n) is 5.35. The van der Waals surface area contributed by atoms with Gasteiger partial charge in [0.25, 0.3) is 5.56 Å². The van der Waals surface area contributed by atoms with Crippen molar-refractivity contribution in [3.8, 4) is 0 Å². The number of imidazole rings is 1. The number of ether oxygens (including phenoxy) is 1. The van der Waals surface area contributed by atoms with Crippen LogP contribution >= 0.6 is 7.82 Å². The fraction of sp³-hybridized carbons (Fsp3) is 0.375. The molecule has 0 aliphatic rings. The van der Waals surface area contributed by atoms with Crippen LogP contribution in [0.5, 0.6) is 0 Å². The van der Waals surface area contributed by atoms with Crippen molar-refractivity contribution in [1.29, 1.82) is 0 Å². The molecule has 0 radical (unpaired) electrons. The summed E-state index contributed by atoms with van der Waals surface area (Å²) in [5.41, 5.74) is 5.33. The summed E-state index contributed by atoms with van der Waals surface area (Å²) in [6.07, 6.45) is 1.34. The Labute approximate surface area is 141 Å². The third kappa shape index (κ3) is 5.16. The number of nitrogens with one attached hydrogen (secondary N) is 1. The molecule has 0 saturated carbocycles. The summed E-state index contributed by atoms with van der Waals surface area (Å²) >= 11 is 0. The minimum absolute atomic E-state index is 0. The Balaban J connectivity index is 0.00000220. The maximum Gasteiger partial charge on any atom is 1.00 e. The van der Waals surface area contributed by atoms with E-state index < -0.39 is 13.4 Å². The van der Waals surface area contributed by atoms with Crippen LogP contribution in [0.25, 0.3) is 11.2 Å². The van der Waals surface area contributed by atoms with Gasteiger partial charge in [0, 0.05) is 0 Å². The molecule has 0 aromatic carbocycles. The van der Waals surface area contributed by atoms with Crippen LogP contribution in [0, 0.1) is 0 Å². The maximum absolute atomic E-state index is 11.5. The molecule has 0 spiro atoms. The second-order valence-electron chi connectivity index (χ2n) is 3.70. The zero-order valence-corrected chi connectivity index (χ0v) is 14.0. The van der Waals surface area contributed by atoms with Gasteiger partial charge in [-0.3, -0.25) is 18.9 Å². The molecule has 0 amide bonds. The van der Waals surface area contributed by atoms with Gasteiger partial charge < -0.3 is 21.7 Å². The summed E-state index contributed by atoms with van der Waals surface area (Å²) in [5, 5.41) is 0. The van der Waals surface area contributed by atoms with E-state index in [9.17, 15) is 9.36 Å². The normalized spacial score (nSPS) is 11.5. The van der Waals surface area contributed by atoms with Gasteiger partial charge in [0.15, 0.2) is 11.2 Å². The van der Waals surface area contributed by atoms with E-state index in [0.29, 0.717) is 0 Å². The Bertz CT molecular complexity index is 717. The van der Waals surface area contributed by atoms with Gasteiger partial charge in [0.2, 0.25) is 5.95 Å². The van der Waals surface area contributed by atoms with Crippen LogP contribution in [0.2, 0.25) is 0 Å². The number of aromatic amines is 1. The number of aromatic nitrogens is 4. The molecule has 2 rings (SSSR count). The van der Waals surface area contributed by atoms with Crippen molar-refractivity contribution in [2.75, 3.05) is 18.9 Å². The standard InChI is InChI=1S/C8H12N5O6P.Na.H/c9-8-11-6-5(7(14)12-8)10-3-13(6)4-18-1-2-19-20(15,16)17;;/h3H,1-2,4H2,(H2,15,16,17)(H3,9,11,12,14);;/q;+1;-1. The van der Waals surface area contributed by atoms with Crippen LogP contribution in [-0.4, -0.2) is 42.5 Å². The predicted octanol–water partition coefficient (Wildman–Crippen LogP) is -4.10. The Hall–Kier alpha value is -0.780. The number of H-pyrrole nitrogens is 1. The average Bonchev–Trinajstić information content (AvgIpc) is 2.70. The summed E-state index contributed by atoms with van der Waals surface area (Å²) in [6.45, 7) is -0.340. The molecule has 0 fully saturated rings. The van der Waals surface area contributed by atoms with Crippen molar-refractivity contribution < 1.29 is 54.6 Å². The van der Waals surface area contributed by atoms with Crippen molar-refractivity contribution in [3.05, 3.63) is 16.7 Å². The van der Waals surface area contributed by atoms with Gasteiger partial charge in [-0.2, -0.15) is 4.98 Å². The van der Waals surface area contributed by atoms with Crippen molar-refractivity contribution >= 4 is 24.9 Å². The van der Waals surface area contributed by atoms with Gasteiger partial charge in [-0.05, 0) is 0 Å². The molecule has 13 heteroatoms. The van der Waals surface area contributed by atoms with Gasteiger partial charge in [-0.15, -0.1) is 0 Å². The van der Waals surface area contributed by atoms with Crippen LogP contribution < -0.4 is 40.9 Å². The largest absolute Gasteiger partial charge is 1.00 e. The number of nitrogens with zero attached hydrogens (tertiary/aromatic N) is 3. The quantitative estimate of drug-likeness (QED) is 0.234. The van der Waals surface area contributed by atoms with E-state index in [1.54, 1.807) is 0 Å². The fourth-order valence-electron chi connectivity index (χ4n) is 1.44. The van der Waals surface area contributed by atoms with Crippen LogP contribution in [-0.2, 0) is 20.6 Å². The number of phosphoric acid groups is 1. The number of nitrogens with two attached hydrogens (primary N) is 1. The third-order valence-corrected chi connectivity index (χ3v) is 2.73. The molecule has 112 valence electrons. The molecule has 0 unspecified atom stereocenters. The van der Waals surface area contributed by atoms with Crippen molar-refractivity contribution in [2.45, 2.75) is 6.73 Å². The van der Waals surface area contributed by atoms with Gasteiger partial charge >= 0.3 is 37.4 Å². The first kappa shape index (κ1) is 18.3. The van der Waals surface area contributed by atoms with Crippen LogP contribution in [0.15, 0.2) is 11.1 Å². The van der Waals surface area contributed by atoms with E-state index in [-0.39, 0.29) is 68.0 Å². The molecule has 0 saturated heterocycles. The van der Waals surface area contributed by atoms with Crippen LogP contribution in [0.3, 0.4) is 0 Å². The Kier molecular flexibility index (Phi) is 6.50. The zero-order valence-electron chi connectivity index (χ0n) is 12.1. The number of hydrogen-bond acceptors (Lipinski definition) is 7. The van der Waals surface area contributed by atoms with Gasteiger partial charge in [-0.25, -0.2) is 9.55 Å². The molecule has 2 heterocycles. The molecule has 2 aromatic rings. The molecular weight excluding hydrogens is 316 g/mol. The minimum Gasteiger partial charge on any atom is -1.00 e. The number of nitrogen functional groups attached to an aromatic ring is 1. The molecule has 11 nitrogen and oxygen atoms in total. The minimum atomic E-state index is -4.49. The van der Waals surface area contributed by atoms with Crippen molar-refractivity contribution in [1.82, 2.24) is 19.5 Å². The first-order valence-corrected chi connectivity index (χ1v) is 6.88. The summed E-state index contributed by atoms with van der Waals surface area (Å²) in [7, 11) is -4.49. The summed E-state index contributed by atoms with van der Waals surface area (Å²) < 4.78 is 21.2. The number of anilines is 1. The van der Waals surface area contributed by atoms with E-state index in [1.807, 2.05) is 0 Å². The van der Waals surface area contributed by atoms with Gasteiger partial charge in [0.05, 0.1) is 19.5 Å². The van der Waals surface area contributed by atoms with Crippen molar-refractivity contribution in [2.24, 2.45) is 0 Å². The monoisotopic (exact) mass is 329 g/mol. The number of fused-ring (bicyclic) bond motifs is 1. The van der Waals surface area contributed by atoms with E-state index in [4.69, 9.17) is 20.3 Å². The van der Waals surface area contributed by atoms with E-state index >= 15 is 0 Å². The van der Waals surface area contributed by atoms with Crippen LogP contribution in [0.1, 0.15) is 1.43 Å². The second-order valence-corrected chi connectivity index (χ2v) is 4.94. The Morgan fingerprint density at radius 1 is 1.48 bits per heavy atom. The Morgan fingerprint density at radius 2 is 2.19 bits per heavy atom. The number of rotatable bonds is 6.